The third kappa shape index (κ3) is 4.21. The third-order valence-electron chi connectivity index (χ3n) is 5.41. The zero-order chi connectivity index (χ0) is 24.7. The number of benzene rings is 2. The van der Waals surface area contributed by atoms with Gasteiger partial charge < -0.3 is 15.2 Å². The molecule has 1 unspecified atom stereocenters. The van der Waals surface area contributed by atoms with Crippen molar-refractivity contribution in [2.24, 2.45) is 7.05 Å². The molecule has 12 heteroatoms. The summed E-state index contributed by atoms with van der Waals surface area (Å²) in [6, 6.07) is 7.98. The van der Waals surface area contributed by atoms with Gasteiger partial charge in [-0.2, -0.15) is 13.2 Å². The molecule has 0 bridgehead atoms. The molecule has 3 N–H and O–H groups in total. The van der Waals surface area contributed by atoms with Crippen molar-refractivity contribution >= 4 is 29.4 Å². The summed E-state index contributed by atoms with van der Waals surface area (Å²) in [7, 11) is 1.63. The van der Waals surface area contributed by atoms with Crippen molar-refractivity contribution in [2.75, 3.05) is 6.54 Å². The van der Waals surface area contributed by atoms with Crippen LogP contribution in [0.5, 0.6) is 0 Å². The molecule has 1 atom stereocenters. The van der Waals surface area contributed by atoms with Crippen LogP contribution in [0, 0.1) is 0 Å². The summed E-state index contributed by atoms with van der Waals surface area (Å²) >= 11 is 6.07. The smallest absolute Gasteiger partial charge is 0.349 e. The Morgan fingerprint density at radius 1 is 1.18 bits per heavy atom. The molecule has 1 saturated heterocycles. The lowest BCUT2D eigenvalue weighted by Crippen LogP contribution is -2.54. The largest absolute Gasteiger partial charge is 0.416 e. The van der Waals surface area contributed by atoms with Crippen LogP contribution in [-0.2, 0) is 23.6 Å². The summed E-state index contributed by atoms with van der Waals surface area (Å²) in [5, 5.41) is 7.50. The SMILES string of the molecule is Cn1ccnc1C1(CNC(=O)c2cc(Cl)ccc2-c2ccc(C(F)(F)F)cc2)NC(=O)NC1=O. The van der Waals surface area contributed by atoms with Gasteiger partial charge in [0, 0.05) is 30.0 Å². The van der Waals surface area contributed by atoms with Crippen molar-refractivity contribution in [1.29, 1.82) is 0 Å². The van der Waals surface area contributed by atoms with Crippen molar-refractivity contribution in [3.8, 4) is 11.1 Å². The molecule has 0 aliphatic carbocycles. The van der Waals surface area contributed by atoms with E-state index >= 15 is 0 Å². The number of nitrogens with zero attached hydrogens (tertiary/aromatic N) is 2. The fourth-order valence-electron chi connectivity index (χ4n) is 3.73. The van der Waals surface area contributed by atoms with Crippen LogP contribution in [-0.4, -0.2) is 33.9 Å². The van der Waals surface area contributed by atoms with E-state index in [0.717, 1.165) is 12.1 Å². The van der Waals surface area contributed by atoms with Gasteiger partial charge in [-0.3, -0.25) is 14.9 Å². The van der Waals surface area contributed by atoms with E-state index in [-0.39, 0.29) is 23.0 Å². The van der Waals surface area contributed by atoms with Gasteiger partial charge in [0.2, 0.25) is 0 Å². The minimum Gasteiger partial charge on any atom is -0.349 e. The molecule has 1 aromatic heterocycles. The van der Waals surface area contributed by atoms with E-state index in [1.807, 2.05) is 0 Å². The third-order valence-corrected chi connectivity index (χ3v) is 5.64. The van der Waals surface area contributed by atoms with Crippen LogP contribution >= 0.6 is 11.6 Å². The molecule has 4 amide bonds. The van der Waals surface area contributed by atoms with Crippen LogP contribution in [0.4, 0.5) is 18.0 Å². The number of hydrogen-bond donors (Lipinski definition) is 3. The Hall–Kier alpha value is -3.86. The Morgan fingerprint density at radius 2 is 1.88 bits per heavy atom. The first-order chi connectivity index (χ1) is 16.0. The second-order valence-corrected chi connectivity index (χ2v) is 8.06. The van der Waals surface area contributed by atoms with E-state index < -0.39 is 35.1 Å². The molecule has 34 heavy (non-hydrogen) atoms. The Labute approximate surface area is 196 Å². The fourth-order valence-corrected chi connectivity index (χ4v) is 3.90. The second kappa shape index (κ2) is 8.49. The molecule has 176 valence electrons. The lowest BCUT2D eigenvalue weighted by atomic mass is 9.96. The van der Waals surface area contributed by atoms with Crippen LogP contribution in [0.15, 0.2) is 54.9 Å². The van der Waals surface area contributed by atoms with Gasteiger partial charge in [-0.1, -0.05) is 29.8 Å². The maximum atomic E-state index is 13.1. The highest BCUT2D eigenvalue weighted by Crippen LogP contribution is 2.33. The van der Waals surface area contributed by atoms with Crippen molar-refractivity contribution in [1.82, 2.24) is 25.5 Å². The minimum atomic E-state index is -4.50. The molecule has 0 spiro atoms. The highest BCUT2D eigenvalue weighted by molar-refractivity contribution is 6.31. The minimum absolute atomic E-state index is 0.0759. The zero-order valence-corrected chi connectivity index (χ0v) is 18.3. The maximum Gasteiger partial charge on any atom is 0.416 e. The first kappa shape index (κ1) is 23.3. The summed E-state index contributed by atoms with van der Waals surface area (Å²) < 4.78 is 40.3. The molecule has 4 rings (SSSR count). The number of alkyl halides is 3. The van der Waals surface area contributed by atoms with Gasteiger partial charge >= 0.3 is 12.2 Å². The predicted octanol–water partition coefficient (Wildman–Crippen LogP) is 3.22. The average molecular weight is 492 g/mol. The number of imide groups is 1. The van der Waals surface area contributed by atoms with Gasteiger partial charge in [-0.15, -0.1) is 0 Å². The standard InChI is InChI=1S/C22H17ClF3N5O3/c1-31-9-8-27-18(31)21(19(33)29-20(34)30-21)11-28-17(32)16-10-14(23)6-7-15(16)12-2-4-13(5-3-12)22(24,25)26/h2-10H,11H2,1H3,(H,28,32)(H2,29,30,33,34). The Bertz CT molecular complexity index is 1290. The molecule has 2 heterocycles. The van der Waals surface area contributed by atoms with Gasteiger partial charge in [0.15, 0.2) is 5.54 Å². The normalized spacial score (nSPS) is 17.9. The Morgan fingerprint density at radius 3 is 2.44 bits per heavy atom. The topological polar surface area (TPSA) is 105 Å². The molecule has 1 fully saturated rings. The first-order valence-corrected chi connectivity index (χ1v) is 10.3. The van der Waals surface area contributed by atoms with Crippen molar-refractivity contribution in [3.63, 3.8) is 0 Å². The van der Waals surface area contributed by atoms with Crippen LogP contribution in [0.25, 0.3) is 11.1 Å². The van der Waals surface area contributed by atoms with Crippen LogP contribution in [0.1, 0.15) is 21.7 Å². The lowest BCUT2D eigenvalue weighted by molar-refractivity contribution is -0.137. The molecule has 3 aromatic rings. The number of rotatable bonds is 5. The van der Waals surface area contributed by atoms with E-state index in [0.29, 0.717) is 11.1 Å². The van der Waals surface area contributed by atoms with Gasteiger partial charge in [0.05, 0.1) is 12.1 Å². The number of carbonyl (C=O) groups is 3. The first-order valence-electron chi connectivity index (χ1n) is 9.88. The van der Waals surface area contributed by atoms with Gasteiger partial charge in [0.1, 0.15) is 5.82 Å². The monoisotopic (exact) mass is 491 g/mol. The summed E-state index contributed by atoms with van der Waals surface area (Å²) in [6.07, 6.45) is -1.48. The number of aromatic nitrogens is 2. The molecule has 1 aliphatic rings. The predicted molar refractivity (Wildman–Crippen MR) is 116 cm³/mol. The Balaban J connectivity index is 1.65. The number of amides is 4. The van der Waals surface area contributed by atoms with E-state index in [4.69, 9.17) is 11.6 Å². The number of imidazole rings is 1. The number of hydrogen-bond acceptors (Lipinski definition) is 4. The highest BCUT2D eigenvalue weighted by Gasteiger charge is 2.50. The molecular formula is C22H17ClF3N5O3. The number of urea groups is 1. The summed E-state index contributed by atoms with van der Waals surface area (Å²) in [4.78, 5) is 41.8. The highest BCUT2D eigenvalue weighted by atomic mass is 35.5. The van der Waals surface area contributed by atoms with Crippen molar-refractivity contribution < 1.29 is 27.6 Å². The maximum absolute atomic E-state index is 13.1. The van der Waals surface area contributed by atoms with Crippen molar-refractivity contribution in [2.45, 2.75) is 11.7 Å². The molecule has 0 saturated carbocycles. The van der Waals surface area contributed by atoms with Gasteiger partial charge in [-0.05, 0) is 35.4 Å². The molecule has 1 aliphatic heterocycles. The van der Waals surface area contributed by atoms with Crippen LogP contribution < -0.4 is 16.0 Å². The Kier molecular flexibility index (Phi) is 5.82. The summed E-state index contributed by atoms with van der Waals surface area (Å²) in [5.41, 5.74) is -1.71. The summed E-state index contributed by atoms with van der Waals surface area (Å²) in [5.74, 6) is -1.15. The lowest BCUT2D eigenvalue weighted by Gasteiger charge is -2.26. The molecular weight excluding hydrogens is 475 g/mol. The number of aryl methyl sites for hydroxylation is 1. The molecule has 0 radical (unpaired) electrons. The number of nitrogens with one attached hydrogen (secondary N) is 3. The van der Waals surface area contributed by atoms with E-state index in [9.17, 15) is 27.6 Å². The van der Waals surface area contributed by atoms with Gasteiger partial charge in [0.25, 0.3) is 11.8 Å². The number of carbonyl (C=O) groups excluding carboxylic acids is 3. The quantitative estimate of drug-likeness (QED) is 0.477. The summed E-state index contributed by atoms with van der Waals surface area (Å²) in [6.45, 7) is -0.340. The van der Waals surface area contributed by atoms with Crippen LogP contribution in [0.2, 0.25) is 5.02 Å². The number of halogens is 4. The molecule has 2 aromatic carbocycles. The van der Waals surface area contributed by atoms with E-state index in [1.54, 1.807) is 13.2 Å². The van der Waals surface area contributed by atoms with Crippen LogP contribution in [0.3, 0.4) is 0 Å². The van der Waals surface area contributed by atoms with Gasteiger partial charge in [-0.25, -0.2) is 9.78 Å². The van der Waals surface area contributed by atoms with E-state index in [2.05, 4.69) is 20.9 Å². The van der Waals surface area contributed by atoms with Crippen molar-refractivity contribution in [3.05, 3.63) is 76.8 Å². The average Bonchev–Trinajstić information content (AvgIpc) is 3.34. The second-order valence-electron chi connectivity index (χ2n) is 7.62. The fraction of sp³-hybridized carbons (Fsp3) is 0.182. The van der Waals surface area contributed by atoms with E-state index in [1.165, 1.54) is 41.1 Å². The molecule has 8 nitrogen and oxygen atoms in total. The zero-order valence-electron chi connectivity index (χ0n) is 17.5.